The van der Waals surface area contributed by atoms with Crippen molar-refractivity contribution in [2.24, 2.45) is 5.41 Å². The quantitative estimate of drug-likeness (QED) is 0.212. The highest BCUT2D eigenvalue weighted by atomic mass is 79.9. The number of phenolic OH excluding ortho intramolecular Hbond substituents is 1. The molecular formula is C27H36Br2O4. The smallest absolute Gasteiger partial charge is 0.338 e. The number of hydrogen-bond acceptors (Lipinski definition) is 4. The number of benzene rings is 1. The van der Waals surface area contributed by atoms with E-state index >= 15 is 0 Å². The molecule has 4 nitrogen and oxygen atoms in total. The minimum absolute atomic E-state index is 0.105. The molecule has 1 aromatic carbocycles. The van der Waals surface area contributed by atoms with Crippen LogP contribution in [0.15, 0.2) is 41.5 Å². The fraction of sp³-hybridized carbons (Fsp3) is 0.593. The van der Waals surface area contributed by atoms with Crippen LogP contribution in [0.5, 0.6) is 5.75 Å². The van der Waals surface area contributed by atoms with Gasteiger partial charge in [-0.2, -0.15) is 0 Å². The first-order valence-electron chi connectivity index (χ1n) is 11.7. The number of cyclic esters (lactones) is 1. The highest BCUT2D eigenvalue weighted by molar-refractivity contribution is 9.09. The van der Waals surface area contributed by atoms with E-state index in [0.29, 0.717) is 29.7 Å². The summed E-state index contributed by atoms with van der Waals surface area (Å²) in [5.74, 6) is -0.252. The number of esters is 1. The van der Waals surface area contributed by atoms with E-state index in [1.807, 2.05) is 13.8 Å². The van der Waals surface area contributed by atoms with Gasteiger partial charge in [0.15, 0.2) is 0 Å². The lowest BCUT2D eigenvalue weighted by Crippen LogP contribution is -2.40. The number of ether oxygens (including phenoxy) is 1. The van der Waals surface area contributed by atoms with Gasteiger partial charge in [0.2, 0.25) is 0 Å². The number of phenols is 1. The fourth-order valence-corrected chi connectivity index (χ4v) is 6.31. The van der Waals surface area contributed by atoms with Gasteiger partial charge < -0.3 is 14.9 Å². The number of alkyl halides is 2. The van der Waals surface area contributed by atoms with Crippen LogP contribution in [0, 0.1) is 5.41 Å². The third-order valence-corrected chi connectivity index (χ3v) is 10.6. The molecule has 1 heterocycles. The van der Waals surface area contributed by atoms with Crippen molar-refractivity contribution in [3.8, 4) is 5.75 Å². The van der Waals surface area contributed by atoms with Crippen molar-refractivity contribution in [1.82, 2.24) is 0 Å². The van der Waals surface area contributed by atoms with Crippen LogP contribution in [0.1, 0.15) is 82.1 Å². The lowest BCUT2D eigenvalue weighted by Gasteiger charge is -2.43. The zero-order valence-corrected chi connectivity index (χ0v) is 23.3. The summed E-state index contributed by atoms with van der Waals surface area (Å²) < 4.78 is 5.79. The van der Waals surface area contributed by atoms with E-state index in [2.05, 4.69) is 52.3 Å². The zero-order valence-electron chi connectivity index (χ0n) is 20.1. The molecule has 1 aliphatic heterocycles. The molecule has 0 aromatic heterocycles. The number of carbonyl (C=O) groups excluding carboxylic acids is 1. The van der Waals surface area contributed by atoms with Gasteiger partial charge in [-0.1, -0.05) is 56.5 Å². The minimum Gasteiger partial charge on any atom is -0.508 e. The standard InChI is InChI=1S/C27H36Br2O4/c1-16(2)22-10-13-27(5,32)24(29)11-12-26(4)20(17(3)6-9-23(26)28)15-19-14-18(25(31)33-22)7-8-21(19)30/h7-8,14,22-24,30,32H,1,6,9-13,15H2,2-5H3/t22-,23-,24+,26-,27-/m0/s1. The Hall–Kier alpha value is -1.11. The van der Waals surface area contributed by atoms with Crippen molar-refractivity contribution >= 4 is 37.8 Å². The molecule has 3 rings (SSSR count). The second kappa shape index (κ2) is 10.2. The van der Waals surface area contributed by atoms with Crippen LogP contribution in [-0.4, -0.2) is 37.5 Å². The van der Waals surface area contributed by atoms with Crippen molar-refractivity contribution in [2.45, 2.75) is 94.0 Å². The SMILES string of the molecule is C=C(C)[C@@H]1CC[C@](C)(O)[C@H](Br)CC[C@@]2(C)C(=C(C)CC[C@@H]2Br)Cc2cc(ccc2O)C(=O)O1. The number of allylic oxidation sites excluding steroid dienone is 2. The van der Waals surface area contributed by atoms with Gasteiger partial charge >= 0.3 is 5.97 Å². The van der Waals surface area contributed by atoms with Crippen LogP contribution in [-0.2, 0) is 11.2 Å². The molecule has 0 saturated heterocycles. The summed E-state index contributed by atoms with van der Waals surface area (Å²) in [4.78, 5) is 13.2. The Morgan fingerprint density at radius 3 is 2.52 bits per heavy atom. The summed E-state index contributed by atoms with van der Waals surface area (Å²) >= 11 is 7.72. The molecule has 0 fully saturated rings. The lowest BCUT2D eigenvalue weighted by atomic mass is 9.66. The van der Waals surface area contributed by atoms with Gasteiger partial charge in [-0.25, -0.2) is 4.79 Å². The summed E-state index contributed by atoms with van der Waals surface area (Å²) in [6.07, 6.45) is 4.79. The molecular weight excluding hydrogens is 548 g/mol. The number of aliphatic hydroxyl groups is 1. The summed E-state index contributed by atoms with van der Waals surface area (Å²) in [6.45, 7) is 12.1. The van der Waals surface area contributed by atoms with Crippen LogP contribution < -0.4 is 0 Å². The molecule has 0 unspecified atom stereocenters. The molecule has 0 radical (unpaired) electrons. The first kappa shape index (κ1) is 26.5. The van der Waals surface area contributed by atoms with Crippen molar-refractivity contribution in [2.75, 3.05) is 0 Å². The molecule has 182 valence electrons. The summed E-state index contributed by atoms with van der Waals surface area (Å²) in [5, 5.41) is 21.9. The Labute approximate surface area is 214 Å². The topological polar surface area (TPSA) is 66.8 Å². The zero-order chi connectivity index (χ0) is 24.6. The maximum Gasteiger partial charge on any atom is 0.338 e. The van der Waals surface area contributed by atoms with Gasteiger partial charge in [0.05, 0.1) is 11.2 Å². The van der Waals surface area contributed by atoms with Crippen LogP contribution >= 0.6 is 31.9 Å². The molecule has 2 aliphatic rings. The van der Waals surface area contributed by atoms with Crippen LogP contribution in [0.25, 0.3) is 0 Å². The molecule has 33 heavy (non-hydrogen) atoms. The van der Waals surface area contributed by atoms with Crippen LogP contribution in [0.2, 0.25) is 0 Å². The van der Waals surface area contributed by atoms with Gasteiger partial charge in [0, 0.05) is 15.1 Å². The predicted molar refractivity (Wildman–Crippen MR) is 140 cm³/mol. The third kappa shape index (κ3) is 5.76. The maximum atomic E-state index is 13.0. The molecule has 2 N–H and O–H groups in total. The number of aromatic hydroxyl groups is 1. The average molecular weight is 584 g/mol. The number of rotatable bonds is 1. The highest BCUT2D eigenvalue weighted by Gasteiger charge is 2.42. The second-order valence-corrected chi connectivity index (χ2v) is 12.6. The van der Waals surface area contributed by atoms with Crippen LogP contribution in [0.4, 0.5) is 0 Å². The normalized spacial score (nSPS) is 34.0. The van der Waals surface area contributed by atoms with Crippen LogP contribution in [0.3, 0.4) is 0 Å². The van der Waals surface area contributed by atoms with Gasteiger partial charge in [0.25, 0.3) is 0 Å². The maximum absolute atomic E-state index is 13.0. The van der Waals surface area contributed by atoms with Gasteiger partial charge in [0.1, 0.15) is 11.9 Å². The minimum atomic E-state index is -0.956. The lowest BCUT2D eigenvalue weighted by molar-refractivity contribution is 0.0143. The first-order chi connectivity index (χ1) is 15.3. The van der Waals surface area contributed by atoms with Crippen molar-refractivity contribution in [3.05, 3.63) is 52.6 Å². The predicted octanol–water partition coefficient (Wildman–Crippen LogP) is 7.00. The largest absolute Gasteiger partial charge is 0.508 e. The van der Waals surface area contributed by atoms with E-state index < -0.39 is 17.7 Å². The van der Waals surface area contributed by atoms with E-state index in [4.69, 9.17) is 4.74 Å². The average Bonchev–Trinajstić information content (AvgIpc) is 2.75. The number of halogens is 2. The van der Waals surface area contributed by atoms with Gasteiger partial charge in [-0.05, 0) is 95.1 Å². The Bertz CT molecular complexity index is 951. The molecule has 0 saturated carbocycles. The van der Waals surface area contributed by atoms with E-state index in [-0.39, 0.29) is 16.0 Å². The van der Waals surface area contributed by atoms with Gasteiger partial charge in [-0.3, -0.25) is 0 Å². The van der Waals surface area contributed by atoms with E-state index in [9.17, 15) is 15.0 Å². The van der Waals surface area contributed by atoms with Gasteiger partial charge in [-0.15, -0.1) is 0 Å². The number of fused-ring (bicyclic) bond motifs is 3. The molecule has 0 spiro atoms. The van der Waals surface area contributed by atoms with E-state index in [1.165, 1.54) is 11.1 Å². The Morgan fingerprint density at radius 1 is 1.15 bits per heavy atom. The Morgan fingerprint density at radius 2 is 1.85 bits per heavy atom. The van der Waals surface area contributed by atoms with Crippen molar-refractivity contribution in [3.63, 3.8) is 0 Å². The van der Waals surface area contributed by atoms with Crippen molar-refractivity contribution in [1.29, 1.82) is 0 Å². The second-order valence-electron chi connectivity index (χ2n) is 10.3. The molecule has 1 aromatic rings. The van der Waals surface area contributed by atoms with E-state index in [1.54, 1.807) is 18.2 Å². The molecule has 1 aliphatic carbocycles. The molecule has 5 atom stereocenters. The van der Waals surface area contributed by atoms with E-state index in [0.717, 1.165) is 36.8 Å². The molecule has 6 heteroatoms. The Balaban J connectivity index is 2.08. The molecule has 0 amide bonds. The Kier molecular flexibility index (Phi) is 8.23. The monoisotopic (exact) mass is 582 g/mol. The van der Waals surface area contributed by atoms with Crippen molar-refractivity contribution < 1.29 is 19.7 Å². The first-order valence-corrected chi connectivity index (χ1v) is 13.6. The number of hydrogen-bond donors (Lipinski definition) is 2. The molecule has 2 bridgehead atoms. The summed E-state index contributed by atoms with van der Waals surface area (Å²) in [7, 11) is 0. The fourth-order valence-electron chi connectivity index (χ4n) is 5.11. The third-order valence-electron chi connectivity index (χ3n) is 7.65. The summed E-state index contributed by atoms with van der Waals surface area (Å²) in [6, 6.07) is 4.95. The highest BCUT2D eigenvalue weighted by Crippen LogP contribution is 2.50. The summed E-state index contributed by atoms with van der Waals surface area (Å²) in [5.41, 5.74) is 3.44. The number of carbonyl (C=O) groups is 1.